The molecule has 1 saturated heterocycles. The Balaban J connectivity index is 2.10. The van der Waals surface area contributed by atoms with E-state index in [1.807, 2.05) is 6.92 Å². The van der Waals surface area contributed by atoms with Crippen LogP contribution in [0.5, 0.6) is 0 Å². The lowest BCUT2D eigenvalue weighted by molar-refractivity contribution is -0.122. The van der Waals surface area contributed by atoms with Crippen molar-refractivity contribution in [2.45, 2.75) is 52.0 Å². The highest BCUT2D eigenvalue weighted by atomic mass is 16.3. The number of rotatable bonds is 5. The lowest BCUT2D eigenvalue weighted by Crippen LogP contribution is -2.39. The number of aryl methyl sites for hydroxylation is 1. The number of amides is 1. The summed E-state index contributed by atoms with van der Waals surface area (Å²) in [7, 11) is 0. The molecule has 1 amide bonds. The molecule has 2 rings (SSSR count). The molecule has 1 aliphatic heterocycles. The Morgan fingerprint density at radius 1 is 1.35 bits per heavy atom. The average molecular weight is 278 g/mol. The highest BCUT2D eigenvalue weighted by Crippen LogP contribution is 2.31. The Hall–Kier alpha value is -1.29. The molecular formula is C16H26N2O2. The first kappa shape index (κ1) is 15.1. The second kappa shape index (κ2) is 7.48. The Morgan fingerprint density at radius 2 is 2.20 bits per heavy atom. The fraction of sp³-hybridized carbons (Fsp3) is 0.688. The number of hydrogen-bond acceptors (Lipinski definition) is 3. The topological polar surface area (TPSA) is 45.5 Å². The maximum atomic E-state index is 11.9. The molecule has 1 aliphatic rings. The van der Waals surface area contributed by atoms with Gasteiger partial charge in [-0.25, -0.2) is 0 Å². The molecule has 0 aromatic carbocycles. The molecule has 0 aliphatic carbocycles. The SMILES string of the molecule is CCNC(=O)CN1CCCCCC1c1ccc(CC)o1. The summed E-state index contributed by atoms with van der Waals surface area (Å²) in [5.74, 6) is 2.16. The molecule has 1 N–H and O–H groups in total. The quantitative estimate of drug-likeness (QED) is 0.900. The number of hydrogen-bond donors (Lipinski definition) is 1. The molecule has 1 atom stereocenters. The van der Waals surface area contributed by atoms with Crippen LogP contribution in [0.25, 0.3) is 0 Å². The highest BCUT2D eigenvalue weighted by molar-refractivity contribution is 5.78. The minimum Gasteiger partial charge on any atom is -0.464 e. The van der Waals surface area contributed by atoms with Crippen molar-refractivity contribution in [2.75, 3.05) is 19.6 Å². The van der Waals surface area contributed by atoms with Gasteiger partial charge in [0.2, 0.25) is 5.91 Å². The minimum atomic E-state index is 0.113. The zero-order valence-corrected chi connectivity index (χ0v) is 12.7. The van der Waals surface area contributed by atoms with Gasteiger partial charge in [0, 0.05) is 13.0 Å². The number of likely N-dealkylation sites (N-methyl/N-ethyl adjacent to an activating group) is 1. The summed E-state index contributed by atoms with van der Waals surface area (Å²) in [4.78, 5) is 14.2. The Kier molecular flexibility index (Phi) is 5.65. The van der Waals surface area contributed by atoms with Gasteiger partial charge in [-0.05, 0) is 38.4 Å². The van der Waals surface area contributed by atoms with Gasteiger partial charge in [0.05, 0.1) is 12.6 Å². The standard InChI is InChI=1S/C16H26N2O2/c1-3-13-9-10-15(20-13)14-8-6-5-7-11-18(14)12-16(19)17-4-2/h9-10,14H,3-8,11-12H2,1-2H3,(H,17,19). The lowest BCUT2D eigenvalue weighted by atomic mass is 10.1. The third-order valence-corrected chi connectivity index (χ3v) is 3.94. The maximum absolute atomic E-state index is 11.9. The van der Waals surface area contributed by atoms with E-state index in [1.54, 1.807) is 0 Å². The highest BCUT2D eigenvalue weighted by Gasteiger charge is 2.26. The van der Waals surface area contributed by atoms with Crippen LogP contribution in [0.15, 0.2) is 16.5 Å². The Morgan fingerprint density at radius 3 is 2.90 bits per heavy atom. The summed E-state index contributed by atoms with van der Waals surface area (Å²) in [6.45, 7) is 6.20. The average Bonchev–Trinajstić information content (AvgIpc) is 2.80. The van der Waals surface area contributed by atoms with Crippen LogP contribution in [0.1, 0.15) is 57.1 Å². The molecule has 1 unspecified atom stereocenters. The summed E-state index contributed by atoms with van der Waals surface area (Å²) in [5.41, 5.74) is 0. The van der Waals surface area contributed by atoms with Crippen molar-refractivity contribution in [3.8, 4) is 0 Å². The monoisotopic (exact) mass is 278 g/mol. The van der Waals surface area contributed by atoms with Gasteiger partial charge >= 0.3 is 0 Å². The molecule has 0 spiro atoms. The largest absolute Gasteiger partial charge is 0.464 e. The molecule has 0 saturated carbocycles. The molecule has 0 radical (unpaired) electrons. The van der Waals surface area contributed by atoms with E-state index in [0.29, 0.717) is 13.1 Å². The number of carbonyl (C=O) groups excluding carboxylic acids is 1. The summed E-state index contributed by atoms with van der Waals surface area (Å²) in [6, 6.07) is 4.39. The van der Waals surface area contributed by atoms with Crippen LogP contribution in [-0.2, 0) is 11.2 Å². The normalized spacial score (nSPS) is 20.6. The van der Waals surface area contributed by atoms with Crippen molar-refractivity contribution in [1.29, 1.82) is 0 Å². The van der Waals surface area contributed by atoms with Gasteiger partial charge in [0.1, 0.15) is 11.5 Å². The van der Waals surface area contributed by atoms with Crippen molar-refractivity contribution in [1.82, 2.24) is 10.2 Å². The van der Waals surface area contributed by atoms with Crippen LogP contribution in [0.4, 0.5) is 0 Å². The smallest absolute Gasteiger partial charge is 0.234 e. The van der Waals surface area contributed by atoms with Crippen molar-refractivity contribution in [3.05, 3.63) is 23.7 Å². The third kappa shape index (κ3) is 3.85. The number of nitrogens with one attached hydrogen (secondary N) is 1. The van der Waals surface area contributed by atoms with E-state index in [2.05, 4.69) is 29.3 Å². The maximum Gasteiger partial charge on any atom is 0.234 e. The van der Waals surface area contributed by atoms with Crippen LogP contribution in [-0.4, -0.2) is 30.4 Å². The van der Waals surface area contributed by atoms with E-state index in [1.165, 1.54) is 12.8 Å². The molecule has 1 aromatic heterocycles. The number of nitrogens with zero attached hydrogens (tertiary/aromatic N) is 1. The number of likely N-dealkylation sites (tertiary alicyclic amines) is 1. The van der Waals surface area contributed by atoms with Crippen molar-refractivity contribution >= 4 is 5.91 Å². The molecule has 0 bridgehead atoms. The Labute approximate surface area is 121 Å². The summed E-state index contributed by atoms with van der Waals surface area (Å²) in [6.07, 6.45) is 5.61. The molecule has 4 heteroatoms. The van der Waals surface area contributed by atoms with Gasteiger partial charge in [-0.15, -0.1) is 0 Å². The minimum absolute atomic E-state index is 0.113. The lowest BCUT2D eigenvalue weighted by Gasteiger charge is -2.27. The summed E-state index contributed by atoms with van der Waals surface area (Å²) in [5, 5.41) is 2.89. The third-order valence-electron chi connectivity index (χ3n) is 3.94. The van der Waals surface area contributed by atoms with Crippen LogP contribution in [0.3, 0.4) is 0 Å². The van der Waals surface area contributed by atoms with Crippen LogP contribution >= 0.6 is 0 Å². The van der Waals surface area contributed by atoms with E-state index < -0.39 is 0 Å². The van der Waals surface area contributed by atoms with E-state index in [4.69, 9.17) is 4.42 Å². The molecular weight excluding hydrogens is 252 g/mol. The zero-order valence-electron chi connectivity index (χ0n) is 12.7. The molecule has 1 aromatic rings. The van der Waals surface area contributed by atoms with Gasteiger partial charge in [-0.2, -0.15) is 0 Å². The first-order valence-corrected chi connectivity index (χ1v) is 7.84. The van der Waals surface area contributed by atoms with Crippen LogP contribution < -0.4 is 5.32 Å². The van der Waals surface area contributed by atoms with E-state index in [-0.39, 0.29) is 11.9 Å². The number of furan rings is 1. The van der Waals surface area contributed by atoms with Crippen molar-refractivity contribution in [2.24, 2.45) is 0 Å². The van der Waals surface area contributed by atoms with Crippen molar-refractivity contribution in [3.63, 3.8) is 0 Å². The molecule has 20 heavy (non-hydrogen) atoms. The molecule has 1 fully saturated rings. The molecule has 4 nitrogen and oxygen atoms in total. The Bertz CT molecular complexity index is 428. The molecule has 2 heterocycles. The first-order valence-electron chi connectivity index (χ1n) is 7.84. The van der Waals surface area contributed by atoms with Crippen LogP contribution in [0, 0.1) is 0 Å². The van der Waals surface area contributed by atoms with E-state index >= 15 is 0 Å². The van der Waals surface area contributed by atoms with E-state index in [0.717, 1.165) is 37.3 Å². The second-order valence-corrected chi connectivity index (χ2v) is 5.45. The van der Waals surface area contributed by atoms with Gasteiger partial charge < -0.3 is 9.73 Å². The first-order chi connectivity index (χ1) is 9.74. The summed E-state index contributed by atoms with van der Waals surface area (Å²) >= 11 is 0. The number of carbonyl (C=O) groups is 1. The zero-order chi connectivity index (χ0) is 14.4. The predicted molar refractivity (Wildman–Crippen MR) is 79.6 cm³/mol. The second-order valence-electron chi connectivity index (χ2n) is 5.45. The van der Waals surface area contributed by atoms with Gasteiger partial charge in [0.15, 0.2) is 0 Å². The molecule has 112 valence electrons. The van der Waals surface area contributed by atoms with Gasteiger partial charge in [-0.1, -0.05) is 19.8 Å². The fourth-order valence-electron chi connectivity index (χ4n) is 2.88. The van der Waals surface area contributed by atoms with Crippen LogP contribution in [0.2, 0.25) is 0 Å². The van der Waals surface area contributed by atoms with Gasteiger partial charge in [0.25, 0.3) is 0 Å². The fourth-order valence-corrected chi connectivity index (χ4v) is 2.88. The van der Waals surface area contributed by atoms with E-state index in [9.17, 15) is 4.79 Å². The predicted octanol–water partition coefficient (Wildman–Crippen LogP) is 2.90. The summed E-state index contributed by atoms with van der Waals surface area (Å²) < 4.78 is 5.93. The van der Waals surface area contributed by atoms with Gasteiger partial charge in [-0.3, -0.25) is 9.69 Å². The van der Waals surface area contributed by atoms with Crippen molar-refractivity contribution < 1.29 is 9.21 Å².